The van der Waals surface area contributed by atoms with Crippen molar-refractivity contribution in [3.05, 3.63) is 60.6 Å². The number of carbonyl (C=O) groups excluding carboxylic acids is 1. The molecular formula is C24H31N5O3S. The summed E-state index contributed by atoms with van der Waals surface area (Å²) in [6.07, 6.45) is 1.73. The van der Waals surface area contributed by atoms with Crippen LogP contribution in [0.2, 0.25) is 0 Å². The minimum absolute atomic E-state index is 0.0551. The largest absolute Gasteiger partial charge is 0.336 e. The molecule has 0 aromatic carbocycles. The molecule has 0 atom stereocenters. The van der Waals surface area contributed by atoms with E-state index in [-0.39, 0.29) is 17.2 Å². The molecule has 1 aliphatic rings. The molecule has 0 unspecified atom stereocenters. The van der Waals surface area contributed by atoms with Gasteiger partial charge in [0, 0.05) is 49.8 Å². The number of rotatable bonds is 7. The maximum absolute atomic E-state index is 13.6. The first-order chi connectivity index (χ1) is 15.9. The summed E-state index contributed by atoms with van der Waals surface area (Å²) in [6.45, 7) is 10.2. The fourth-order valence-electron chi connectivity index (χ4n) is 4.26. The van der Waals surface area contributed by atoms with E-state index in [0.717, 1.165) is 26.1 Å². The molecule has 0 spiro atoms. The van der Waals surface area contributed by atoms with E-state index < -0.39 is 11.2 Å². The normalized spacial score (nSPS) is 15.0. The number of aromatic nitrogens is 3. The number of thiophene rings is 1. The smallest absolute Gasteiger partial charge is 0.329 e. The Labute approximate surface area is 196 Å². The van der Waals surface area contributed by atoms with Crippen LogP contribution in [0.15, 0.2) is 33.2 Å². The number of piperazine rings is 1. The second-order valence-corrected chi connectivity index (χ2v) is 9.85. The highest BCUT2D eigenvalue weighted by Gasteiger charge is 2.26. The van der Waals surface area contributed by atoms with E-state index in [1.807, 2.05) is 25.7 Å². The van der Waals surface area contributed by atoms with Gasteiger partial charge in [-0.1, -0.05) is 26.8 Å². The average Bonchev–Trinajstić information content (AvgIpc) is 3.33. The van der Waals surface area contributed by atoms with Gasteiger partial charge in [-0.05, 0) is 36.3 Å². The zero-order valence-corrected chi connectivity index (χ0v) is 20.3. The quantitative estimate of drug-likeness (QED) is 0.575. The number of H-pyrrole nitrogens is 1. The molecule has 4 rings (SSSR count). The molecule has 1 aliphatic heterocycles. The Morgan fingerprint density at radius 3 is 2.58 bits per heavy atom. The van der Waals surface area contributed by atoms with Crippen LogP contribution in [0.1, 0.15) is 54.0 Å². The first-order valence-electron chi connectivity index (χ1n) is 11.6. The zero-order valence-electron chi connectivity index (χ0n) is 19.5. The van der Waals surface area contributed by atoms with Crippen molar-refractivity contribution in [3.8, 4) is 0 Å². The number of hydrogen-bond acceptors (Lipinski definition) is 6. The van der Waals surface area contributed by atoms with Gasteiger partial charge in [-0.3, -0.25) is 24.0 Å². The highest BCUT2D eigenvalue weighted by molar-refractivity contribution is 7.09. The van der Waals surface area contributed by atoms with E-state index in [4.69, 9.17) is 0 Å². The number of pyridine rings is 1. The second-order valence-electron chi connectivity index (χ2n) is 8.82. The third-order valence-corrected chi connectivity index (χ3v) is 7.09. The van der Waals surface area contributed by atoms with Crippen LogP contribution >= 0.6 is 11.3 Å². The Kier molecular flexibility index (Phi) is 7.09. The standard InChI is InChI=1S/C24H31N5O3S/c1-4-8-29-21-20(22(30)26-24(29)32)18(15-19(25-21)16(2)3)23(31)28-12-10-27(11-13-28)9-7-17-6-5-14-33-17/h5-6,14-16H,4,7-13H2,1-3H3,(H,26,30,32). The average molecular weight is 470 g/mol. The lowest BCUT2D eigenvalue weighted by molar-refractivity contribution is 0.0640. The predicted octanol–water partition coefficient (Wildman–Crippen LogP) is 2.68. The van der Waals surface area contributed by atoms with E-state index in [1.165, 1.54) is 9.44 Å². The summed E-state index contributed by atoms with van der Waals surface area (Å²) in [4.78, 5) is 51.4. The first-order valence-corrected chi connectivity index (χ1v) is 12.5. The molecular weight excluding hydrogens is 438 g/mol. The number of carbonyl (C=O) groups is 1. The number of aromatic amines is 1. The fourth-order valence-corrected chi connectivity index (χ4v) is 4.96. The van der Waals surface area contributed by atoms with E-state index in [9.17, 15) is 14.4 Å². The maximum atomic E-state index is 13.6. The van der Waals surface area contributed by atoms with Crippen molar-refractivity contribution in [1.82, 2.24) is 24.3 Å². The molecule has 0 radical (unpaired) electrons. The Balaban J connectivity index is 1.62. The molecule has 0 aliphatic carbocycles. The maximum Gasteiger partial charge on any atom is 0.329 e. The second kappa shape index (κ2) is 10.0. The lowest BCUT2D eigenvalue weighted by Crippen LogP contribution is -2.49. The van der Waals surface area contributed by atoms with Crippen LogP contribution < -0.4 is 11.2 Å². The summed E-state index contributed by atoms with van der Waals surface area (Å²) in [5, 5.41) is 2.30. The first kappa shape index (κ1) is 23.4. The molecule has 1 N–H and O–H groups in total. The van der Waals surface area contributed by atoms with Crippen molar-refractivity contribution in [3.63, 3.8) is 0 Å². The third kappa shape index (κ3) is 4.94. The molecule has 176 valence electrons. The molecule has 0 saturated carbocycles. The summed E-state index contributed by atoms with van der Waals surface area (Å²) >= 11 is 1.77. The Bertz CT molecular complexity index is 1240. The lowest BCUT2D eigenvalue weighted by Gasteiger charge is -2.35. The van der Waals surface area contributed by atoms with E-state index in [0.29, 0.717) is 43.0 Å². The van der Waals surface area contributed by atoms with Crippen LogP contribution in [-0.2, 0) is 13.0 Å². The van der Waals surface area contributed by atoms with Crippen LogP contribution in [0.4, 0.5) is 0 Å². The summed E-state index contributed by atoms with van der Waals surface area (Å²) < 4.78 is 1.47. The summed E-state index contributed by atoms with van der Waals surface area (Å²) in [7, 11) is 0. The number of nitrogens with zero attached hydrogens (tertiary/aromatic N) is 4. The highest BCUT2D eigenvalue weighted by atomic mass is 32.1. The number of fused-ring (bicyclic) bond motifs is 1. The van der Waals surface area contributed by atoms with Gasteiger partial charge in [0.15, 0.2) is 5.65 Å². The lowest BCUT2D eigenvalue weighted by atomic mass is 10.0. The Hall–Kier alpha value is -2.78. The molecule has 3 aromatic heterocycles. The van der Waals surface area contributed by atoms with Crippen molar-refractivity contribution in [2.45, 2.75) is 46.1 Å². The molecule has 8 nitrogen and oxygen atoms in total. The number of aryl methyl sites for hydroxylation is 1. The Morgan fingerprint density at radius 1 is 1.18 bits per heavy atom. The number of amides is 1. The van der Waals surface area contributed by atoms with Gasteiger partial charge in [0.05, 0.1) is 10.9 Å². The van der Waals surface area contributed by atoms with Gasteiger partial charge >= 0.3 is 5.69 Å². The van der Waals surface area contributed by atoms with Gasteiger partial charge in [0.2, 0.25) is 0 Å². The van der Waals surface area contributed by atoms with Crippen LogP contribution in [-0.4, -0.2) is 63.0 Å². The highest BCUT2D eigenvalue weighted by Crippen LogP contribution is 2.22. The molecule has 1 fully saturated rings. The summed E-state index contributed by atoms with van der Waals surface area (Å²) in [5.41, 5.74) is 0.301. The van der Waals surface area contributed by atoms with Gasteiger partial charge in [-0.2, -0.15) is 0 Å². The van der Waals surface area contributed by atoms with Crippen molar-refractivity contribution in [1.29, 1.82) is 0 Å². The Morgan fingerprint density at radius 2 is 1.94 bits per heavy atom. The topological polar surface area (TPSA) is 91.3 Å². The third-order valence-electron chi connectivity index (χ3n) is 6.15. The van der Waals surface area contributed by atoms with Crippen molar-refractivity contribution in [2.75, 3.05) is 32.7 Å². The summed E-state index contributed by atoms with van der Waals surface area (Å²) in [6, 6.07) is 5.96. The molecule has 4 heterocycles. The minimum Gasteiger partial charge on any atom is -0.336 e. The van der Waals surface area contributed by atoms with Crippen LogP contribution in [0, 0.1) is 0 Å². The number of hydrogen-bond donors (Lipinski definition) is 1. The van der Waals surface area contributed by atoms with Crippen LogP contribution in [0.3, 0.4) is 0 Å². The minimum atomic E-state index is -0.553. The monoisotopic (exact) mass is 469 g/mol. The van der Waals surface area contributed by atoms with Crippen LogP contribution in [0.25, 0.3) is 11.0 Å². The molecule has 1 amide bonds. The van der Waals surface area contributed by atoms with Gasteiger partial charge in [0.25, 0.3) is 11.5 Å². The van der Waals surface area contributed by atoms with Gasteiger partial charge in [-0.25, -0.2) is 9.78 Å². The van der Waals surface area contributed by atoms with E-state index in [1.54, 1.807) is 17.4 Å². The SMILES string of the molecule is CCCn1c(=O)[nH]c(=O)c2c(C(=O)N3CCN(CCc4cccs4)CC3)cc(C(C)C)nc21. The van der Waals surface area contributed by atoms with Crippen molar-refractivity contribution < 1.29 is 4.79 Å². The van der Waals surface area contributed by atoms with E-state index >= 15 is 0 Å². The van der Waals surface area contributed by atoms with Crippen molar-refractivity contribution in [2.24, 2.45) is 0 Å². The summed E-state index contributed by atoms with van der Waals surface area (Å²) in [5.74, 6) is -0.117. The molecule has 33 heavy (non-hydrogen) atoms. The predicted molar refractivity (Wildman–Crippen MR) is 131 cm³/mol. The van der Waals surface area contributed by atoms with Gasteiger partial charge < -0.3 is 4.90 Å². The van der Waals surface area contributed by atoms with Gasteiger partial charge in [0.1, 0.15) is 0 Å². The molecule has 0 bridgehead atoms. The molecule has 9 heteroatoms. The zero-order chi connectivity index (χ0) is 23.5. The van der Waals surface area contributed by atoms with Crippen molar-refractivity contribution >= 4 is 28.3 Å². The van der Waals surface area contributed by atoms with E-state index in [2.05, 4.69) is 32.4 Å². The number of nitrogens with one attached hydrogen (secondary N) is 1. The molecule has 3 aromatic rings. The van der Waals surface area contributed by atoms with Gasteiger partial charge in [-0.15, -0.1) is 11.3 Å². The van der Waals surface area contributed by atoms with Crippen LogP contribution in [0.5, 0.6) is 0 Å². The fraction of sp³-hybridized carbons (Fsp3) is 0.500. The molecule has 1 saturated heterocycles.